The zero-order valence-corrected chi connectivity index (χ0v) is 12.0. The Bertz CT molecular complexity index is 189. The van der Waals surface area contributed by atoms with Gasteiger partial charge in [-0.3, -0.25) is 0 Å². The minimum atomic E-state index is -0.109. The van der Waals surface area contributed by atoms with Crippen molar-refractivity contribution in [3.8, 4) is 0 Å². The molecular formula is C15H31NO. The number of rotatable bonds is 8. The van der Waals surface area contributed by atoms with Crippen LogP contribution >= 0.6 is 0 Å². The summed E-state index contributed by atoms with van der Waals surface area (Å²) in [6.07, 6.45) is 7.58. The Kier molecular flexibility index (Phi) is 7.14. The molecule has 2 nitrogen and oxygen atoms in total. The first-order chi connectivity index (χ1) is 8.15. The van der Waals surface area contributed by atoms with Crippen molar-refractivity contribution in [2.75, 3.05) is 19.6 Å². The van der Waals surface area contributed by atoms with Gasteiger partial charge in [0.15, 0.2) is 0 Å². The van der Waals surface area contributed by atoms with E-state index < -0.39 is 0 Å². The van der Waals surface area contributed by atoms with Gasteiger partial charge < -0.3 is 10.0 Å². The van der Waals surface area contributed by atoms with E-state index in [1.165, 1.54) is 32.1 Å². The van der Waals surface area contributed by atoms with E-state index in [1.807, 2.05) is 0 Å². The lowest BCUT2D eigenvalue weighted by atomic mass is 9.99. The molecule has 0 spiro atoms. The van der Waals surface area contributed by atoms with Crippen molar-refractivity contribution in [3.63, 3.8) is 0 Å². The number of aliphatic hydroxyl groups is 1. The van der Waals surface area contributed by atoms with Gasteiger partial charge in [-0.05, 0) is 24.8 Å². The number of hydrogen-bond donors (Lipinski definition) is 1. The van der Waals surface area contributed by atoms with Gasteiger partial charge in [0.05, 0.1) is 6.10 Å². The summed E-state index contributed by atoms with van der Waals surface area (Å²) in [4.78, 5) is 2.41. The van der Waals surface area contributed by atoms with Gasteiger partial charge in [0.1, 0.15) is 0 Å². The molecule has 0 aromatic rings. The summed E-state index contributed by atoms with van der Waals surface area (Å²) in [6.45, 7) is 9.81. The number of hydrogen-bond acceptors (Lipinski definition) is 2. The van der Waals surface area contributed by atoms with Crippen LogP contribution < -0.4 is 0 Å². The van der Waals surface area contributed by atoms with Crippen LogP contribution in [0.15, 0.2) is 0 Å². The number of nitrogens with zero attached hydrogens (tertiary/aromatic N) is 1. The highest BCUT2D eigenvalue weighted by atomic mass is 16.3. The predicted octanol–water partition coefficient (Wildman–Crippen LogP) is 3.30. The van der Waals surface area contributed by atoms with Crippen molar-refractivity contribution >= 4 is 0 Å². The van der Waals surface area contributed by atoms with Crippen molar-refractivity contribution in [3.05, 3.63) is 0 Å². The molecular weight excluding hydrogens is 210 g/mol. The van der Waals surface area contributed by atoms with Crippen LogP contribution in [0.5, 0.6) is 0 Å². The van der Waals surface area contributed by atoms with Crippen molar-refractivity contribution in [1.29, 1.82) is 0 Å². The Morgan fingerprint density at radius 3 is 2.35 bits per heavy atom. The molecule has 2 unspecified atom stereocenters. The summed E-state index contributed by atoms with van der Waals surface area (Å²) in [6, 6.07) is 0. The van der Waals surface area contributed by atoms with Gasteiger partial charge in [-0.15, -0.1) is 0 Å². The summed E-state index contributed by atoms with van der Waals surface area (Å²) in [5.41, 5.74) is 0. The van der Waals surface area contributed by atoms with E-state index in [0.717, 1.165) is 37.9 Å². The van der Waals surface area contributed by atoms with Gasteiger partial charge in [0.2, 0.25) is 0 Å². The minimum Gasteiger partial charge on any atom is -0.392 e. The maximum Gasteiger partial charge on any atom is 0.0669 e. The molecule has 0 radical (unpaired) electrons. The molecule has 2 atom stereocenters. The average molecular weight is 241 g/mol. The molecule has 2 heteroatoms. The molecule has 0 bridgehead atoms. The molecule has 1 rings (SSSR count). The van der Waals surface area contributed by atoms with Gasteiger partial charge in [-0.25, -0.2) is 0 Å². The fourth-order valence-electron chi connectivity index (χ4n) is 2.91. The second-order valence-corrected chi connectivity index (χ2v) is 5.91. The quantitative estimate of drug-likeness (QED) is 0.705. The van der Waals surface area contributed by atoms with E-state index in [2.05, 4.69) is 25.7 Å². The third-order valence-electron chi connectivity index (χ3n) is 4.26. The maximum absolute atomic E-state index is 10.2. The Morgan fingerprint density at radius 2 is 1.82 bits per heavy atom. The summed E-state index contributed by atoms with van der Waals surface area (Å²) in [5, 5.41) is 10.2. The molecule has 17 heavy (non-hydrogen) atoms. The van der Waals surface area contributed by atoms with Gasteiger partial charge in [-0.1, -0.05) is 52.9 Å². The van der Waals surface area contributed by atoms with E-state index in [-0.39, 0.29) is 6.10 Å². The first-order valence-corrected chi connectivity index (χ1v) is 7.56. The molecule has 0 aliphatic heterocycles. The lowest BCUT2D eigenvalue weighted by molar-refractivity contribution is 0.0868. The average Bonchev–Trinajstić information content (AvgIpc) is 2.80. The minimum absolute atomic E-state index is 0.109. The second-order valence-electron chi connectivity index (χ2n) is 5.91. The third kappa shape index (κ3) is 5.87. The van der Waals surface area contributed by atoms with E-state index in [0.29, 0.717) is 0 Å². The van der Waals surface area contributed by atoms with Crippen LogP contribution in [-0.2, 0) is 0 Å². The van der Waals surface area contributed by atoms with Gasteiger partial charge in [-0.2, -0.15) is 0 Å². The Morgan fingerprint density at radius 1 is 1.18 bits per heavy atom. The van der Waals surface area contributed by atoms with Crippen molar-refractivity contribution in [2.45, 2.75) is 65.4 Å². The summed E-state index contributed by atoms with van der Waals surface area (Å²) in [7, 11) is 0. The van der Waals surface area contributed by atoms with Crippen LogP contribution in [0.1, 0.15) is 59.3 Å². The Labute approximate surface area is 107 Å². The van der Waals surface area contributed by atoms with Crippen molar-refractivity contribution < 1.29 is 5.11 Å². The van der Waals surface area contributed by atoms with E-state index in [9.17, 15) is 5.11 Å². The zero-order chi connectivity index (χ0) is 12.7. The summed E-state index contributed by atoms with van der Waals surface area (Å²) in [5.74, 6) is 1.54. The highest BCUT2D eigenvalue weighted by Crippen LogP contribution is 2.28. The zero-order valence-electron chi connectivity index (χ0n) is 12.0. The molecule has 0 heterocycles. The molecule has 1 fully saturated rings. The van der Waals surface area contributed by atoms with E-state index in [1.54, 1.807) is 0 Å². The smallest absolute Gasteiger partial charge is 0.0669 e. The predicted molar refractivity (Wildman–Crippen MR) is 74.2 cm³/mol. The highest BCUT2D eigenvalue weighted by molar-refractivity contribution is 4.73. The Balaban J connectivity index is 2.23. The Hall–Kier alpha value is -0.0800. The normalized spacial score (nSPS) is 21.0. The summed E-state index contributed by atoms with van der Waals surface area (Å²) >= 11 is 0. The topological polar surface area (TPSA) is 23.5 Å². The van der Waals surface area contributed by atoms with E-state index >= 15 is 0 Å². The largest absolute Gasteiger partial charge is 0.392 e. The van der Waals surface area contributed by atoms with Crippen LogP contribution in [0, 0.1) is 11.8 Å². The lowest BCUT2D eigenvalue weighted by Gasteiger charge is -2.27. The van der Waals surface area contributed by atoms with Crippen molar-refractivity contribution in [2.24, 2.45) is 11.8 Å². The number of aliphatic hydroxyl groups excluding tert-OH is 1. The molecule has 0 saturated heterocycles. The summed E-state index contributed by atoms with van der Waals surface area (Å²) < 4.78 is 0. The molecule has 0 aromatic heterocycles. The fraction of sp³-hybridized carbons (Fsp3) is 1.00. The lowest BCUT2D eigenvalue weighted by Crippen LogP contribution is -2.36. The SMILES string of the molecule is CCC(C)CN(CC)CC(O)CC1CCCC1. The molecule has 1 aliphatic carbocycles. The van der Waals surface area contributed by atoms with E-state index in [4.69, 9.17) is 0 Å². The molecule has 0 aromatic carbocycles. The molecule has 1 aliphatic rings. The maximum atomic E-state index is 10.2. The second kappa shape index (κ2) is 8.10. The van der Waals surface area contributed by atoms with Crippen LogP contribution in [0.4, 0.5) is 0 Å². The molecule has 1 saturated carbocycles. The molecule has 102 valence electrons. The van der Waals surface area contributed by atoms with Gasteiger partial charge in [0, 0.05) is 13.1 Å². The molecule has 1 N–H and O–H groups in total. The first-order valence-electron chi connectivity index (χ1n) is 7.56. The van der Waals surface area contributed by atoms with Crippen LogP contribution in [-0.4, -0.2) is 35.7 Å². The molecule has 0 amide bonds. The fourth-order valence-corrected chi connectivity index (χ4v) is 2.91. The first kappa shape index (κ1) is 15.0. The van der Waals surface area contributed by atoms with Gasteiger partial charge in [0.25, 0.3) is 0 Å². The number of likely N-dealkylation sites (N-methyl/N-ethyl adjacent to an activating group) is 1. The van der Waals surface area contributed by atoms with Gasteiger partial charge >= 0.3 is 0 Å². The standard InChI is InChI=1S/C15H31NO/c1-4-13(3)11-16(5-2)12-15(17)10-14-8-6-7-9-14/h13-15,17H,4-12H2,1-3H3. The van der Waals surface area contributed by atoms with Crippen LogP contribution in [0.25, 0.3) is 0 Å². The van der Waals surface area contributed by atoms with Crippen LogP contribution in [0.2, 0.25) is 0 Å². The monoisotopic (exact) mass is 241 g/mol. The highest BCUT2D eigenvalue weighted by Gasteiger charge is 2.20. The van der Waals surface area contributed by atoms with Crippen LogP contribution in [0.3, 0.4) is 0 Å². The van der Waals surface area contributed by atoms with Crippen molar-refractivity contribution in [1.82, 2.24) is 4.90 Å². The third-order valence-corrected chi connectivity index (χ3v) is 4.26.